The van der Waals surface area contributed by atoms with Crippen molar-refractivity contribution in [2.75, 3.05) is 5.32 Å². The Kier molecular flexibility index (Phi) is 4.03. The van der Waals surface area contributed by atoms with E-state index < -0.39 is 0 Å². The zero-order chi connectivity index (χ0) is 16.9. The van der Waals surface area contributed by atoms with Crippen LogP contribution in [-0.2, 0) is 0 Å². The highest BCUT2D eigenvalue weighted by atomic mass is 15.1. The molecule has 0 fully saturated rings. The van der Waals surface area contributed by atoms with Gasteiger partial charge in [-0.25, -0.2) is 19.9 Å². The summed E-state index contributed by atoms with van der Waals surface area (Å²) in [6.07, 6.45) is 8.50. The van der Waals surface area contributed by atoms with Crippen LogP contribution < -0.4 is 5.32 Å². The SMILES string of the molecule is c1ccc(-c2nc(Nc3ncccn3)cc(-c3ccncc3)n2)nc1. The molecule has 4 rings (SSSR count). The molecule has 0 atom stereocenters. The van der Waals surface area contributed by atoms with Gasteiger partial charge in [0, 0.05) is 42.6 Å². The molecular formula is C18H13N7. The second-order valence-electron chi connectivity index (χ2n) is 5.11. The Bertz CT molecular complexity index is 903. The molecule has 0 aliphatic rings. The predicted octanol–water partition coefficient (Wildman–Crippen LogP) is 3.13. The van der Waals surface area contributed by atoms with Gasteiger partial charge < -0.3 is 5.32 Å². The van der Waals surface area contributed by atoms with Gasteiger partial charge in [0.05, 0.1) is 5.69 Å². The maximum atomic E-state index is 4.63. The van der Waals surface area contributed by atoms with Gasteiger partial charge in [0.2, 0.25) is 5.95 Å². The average Bonchev–Trinajstić information content (AvgIpc) is 2.70. The van der Waals surface area contributed by atoms with Gasteiger partial charge in [0.25, 0.3) is 0 Å². The van der Waals surface area contributed by atoms with E-state index in [9.17, 15) is 0 Å². The smallest absolute Gasteiger partial charge is 0.228 e. The first kappa shape index (κ1) is 14.8. The molecule has 0 aromatic carbocycles. The summed E-state index contributed by atoms with van der Waals surface area (Å²) in [6, 6.07) is 13.0. The lowest BCUT2D eigenvalue weighted by atomic mass is 10.2. The molecule has 0 aliphatic carbocycles. The van der Waals surface area contributed by atoms with Crippen LogP contribution in [-0.4, -0.2) is 29.9 Å². The molecule has 120 valence electrons. The number of pyridine rings is 2. The summed E-state index contributed by atoms with van der Waals surface area (Å²) in [5.74, 6) is 1.58. The molecule has 0 saturated heterocycles. The second-order valence-corrected chi connectivity index (χ2v) is 5.11. The third-order valence-electron chi connectivity index (χ3n) is 3.40. The molecule has 0 aliphatic heterocycles. The number of anilines is 2. The molecular weight excluding hydrogens is 314 g/mol. The van der Waals surface area contributed by atoms with Crippen LogP contribution in [0.1, 0.15) is 0 Å². The summed E-state index contributed by atoms with van der Waals surface area (Å²) in [5, 5.41) is 3.11. The first-order valence-corrected chi connectivity index (χ1v) is 7.63. The quantitative estimate of drug-likeness (QED) is 0.616. The van der Waals surface area contributed by atoms with Gasteiger partial charge in [-0.1, -0.05) is 6.07 Å². The number of hydrogen-bond donors (Lipinski definition) is 1. The third kappa shape index (κ3) is 3.45. The minimum absolute atomic E-state index is 0.467. The van der Waals surface area contributed by atoms with E-state index in [1.807, 2.05) is 36.4 Å². The summed E-state index contributed by atoms with van der Waals surface area (Å²) < 4.78 is 0. The first-order valence-electron chi connectivity index (χ1n) is 7.63. The van der Waals surface area contributed by atoms with Crippen molar-refractivity contribution in [1.29, 1.82) is 0 Å². The molecule has 4 heterocycles. The summed E-state index contributed by atoms with van der Waals surface area (Å²) in [5.41, 5.74) is 2.39. The second kappa shape index (κ2) is 6.79. The average molecular weight is 327 g/mol. The highest BCUT2D eigenvalue weighted by Crippen LogP contribution is 2.24. The van der Waals surface area contributed by atoms with E-state index >= 15 is 0 Å². The van der Waals surface area contributed by atoms with Crippen molar-refractivity contribution >= 4 is 11.8 Å². The van der Waals surface area contributed by atoms with Crippen molar-refractivity contribution in [2.45, 2.75) is 0 Å². The minimum Gasteiger partial charge on any atom is -0.309 e. The van der Waals surface area contributed by atoms with Crippen molar-refractivity contribution in [2.24, 2.45) is 0 Å². The van der Waals surface area contributed by atoms with Crippen LogP contribution in [0.5, 0.6) is 0 Å². The van der Waals surface area contributed by atoms with Crippen LogP contribution >= 0.6 is 0 Å². The lowest BCUT2D eigenvalue weighted by molar-refractivity contribution is 1.11. The maximum Gasteiger partial charge on any atom is 0.228 e. The molecule has 0 amide bonds. The van der Waals surface area contributed by atoms with Gasteiger partial charge in [-0.15, -0.1) is 0 Å². The summed E-state index contributed by atoms with van der Waals surface area (Å²) in [6.45, 7) is 0. The topological polar surface area (TPSA) is 89.4 Å². The normalized spacial score (nSPS) is 10.4. The summed E-state index contributed by atoms with van der Waals surface area (Å²) >= 11 is 0. The van der Waals surface area contributed by atoms with Gasteiger partial charge in [-0.2, -0.15) is 0 Å². The fourth-order valence-corrected chi connectivity index (χ4v) is 2.27. The van der Waals surface area contributed by atoms with Crippen LogP contribution in [0.4, 0.5) is 11.8 Å². The molecule has 1 N–H and O–H groups in total. The van der Waals surface area contributed by atoms with E-state index in [2.05, 4.69) is 35.2 Å². The lowest BCUT2D eigenvalue weighted by Crippen LogP contribution is -2.02. The van der Waals surface area contributed by atoms with Crippen LogP contribution in [0.3, 0.4) is 0 Å². The fraction of sp³-hybridized carbons (Fsp3) is 0. The van der Waals surface area contributed by atoms with Crippen LogP contribution in [0.2, 0.25) is 0 Å². The molecule has 7 nitrogen and oxygen atoms in total. The van der Waals surface area contributed by atoms with Crippen LogP contribution in [0.25, 0.3) is 22.8 Å². The largest absolute Gasteiger partial charge is 0.309 e. The van der Waals surface area contributed by atoms with Crippen molar-refractivity contribution < 1.29 is 0 Å². The molecule has 25 heavy (non-hydrogen) atoms. The van der Waals surface area contributed by atoms with Gasteiger partial charge in [0.15, 0.2) is 5.82 Å². The number of nitrogens with one attached hydrogen (secondary N) is 1. The predicted molar refractivity (Wildman–Crippen MR) is 93.8 cm³/mol. The Morgan fingerprint density at radius 1 is 0.680 bits per heavy atom. The molecule has 4 aromatic rings. The fourth-order valence-electron chi connectivity index (χ4n) is 2.27. The van der Waals surface area contributed by atoms with E-state index in [0.29, 0.717) is 23.3 Å². The van der Waals surface area contributed by atoms with E-state index in [4.69, 9.17) is 0 Å². The number of aromatic nitrogens is 6. The van der Waals surface area contributed by atoms with Crippen molar-refractivity contribution in [3.8, 4) is 22.8 Å². The highest BCUT2D eigenvalue weighted by molar-refractivity contribution is 5.67. The molecule has 0 bridgehead atoms. The summed E-state index contributed by atoms with van der Waals surface area (Å²) in [4.78, 5) is 25.9. The molecule has 4 aromatic heterocycles. The standard InChI is InChI=1S/C18H13N7/c1-2-7-20-14(4-1)17-23-15(13-5-10-19-11-6-13)12-16(24-17)25-18-21-8-3-9-22-18/h1-12H,(H,21,22,23,24,25). The molecule has 0 saturated carbocycles. The van der Waals surface area contributed by atoms with Gasteiger partial charge >= 0.3 is 0 Å². The van der Waals surface area contributed by atoms with E-state index in [1.54, 1.807) is 37.1 Å². The monoisotopic (exact) mass is 327 g/mol. The Labute approximate surface area is 143 Å². The Balaban J connectivity index is 1.80. The maximum absolute atomic E-state index is 4.63. The van der Waals surface area contributed by atoms with Gasteiger partial charge in [0.1, 0.15) is 11.5 Å². The van der Waals surface area contributed by atoms with Crippen LogP contribution in [0.15, 0.2) is 73.4 Å². The minimum atomic E-state index is 0.467. The molecule has 0 spiro atoms. The number of nitrogens with zero attached hydrogens (tertiary/aromatic N) is 6. The van der Waals surface area contributed by atoms with Gasteiger partial charge in [-0.3, -0.25) is 9.97 Å². The van der Waals surface area contributed by atoms with E-state index in [0.717, 1.165) is 11.3 Å². The zero-order valence-electron chi connectivity index (χ0n) is 13.1. The zero-order valence-corrected chi connectivity index (χ0v) is 13.1. The number of rotatable bonds is 4. The molecule has 0 radical (unpaired) electrons. The van der Waals surface area contributed by atoms with E-state index in [1.165, 1.54) is 0 Å². The lowest BCUT2D eigenvalue weighted by Gasteiger charge is -2.09. The third-order valence-corrected chi connectivity index (χ3v) is 3.40. The van der Waals surface area contributed by atoms with Crippen LogP contribution in [0, 0.1) is 0 Å². The van der Waals surface area contributed by atoms with Crippen molar-refractivity contribution in [3.63, 3.8) is 0 Å². The first-order chi connectivity index (χ1) is 12.4. The van der Waals surface area contributed by atoms with E-state index in [-0.39, 0.29) is 0 Å². The van der Waals surface area contributed by atoms with Gasteiger partial charge in [-0.05, 0) is 30.3 Å². The number of hydrogen-bond acceptors (Lipinski definition) is 7. The Morgan fingerprint density at radius 3 is 2.24 bits per heavy atom. The Morgan fingerprint density at radius 2 is 1.48 bits per heavy atom. The highest BCUT2D eigenvalue weighted by Gasteiger charge is 2.10. The van der Waals surface area contributed by atoms with Crippen molar-refractivity contribution in [3.05, 3.63) is 73.4 Å². The summed E-state index contributed by atoms with van der Waals surface area (Å²) in [7, 11) is 0. The molecule has 0 unspecified atom stereocenters. The molecule has 7 heteroatoms. The van der Waals surface area contributed by atoms with Crippen molar-refractivity contribution in [1.82, 2.24) is 29.9 Å². The Hall–Kier alpha value is -3.74.